The number of thiazole rings is 1. The number of allylic oxidation sites excluding steroid dienone is 1. The Morgan fingerprint density at radius 1 is 0.812 bits per heavy atom. The molecule has 1 aliphatic carbocycles. The monoisotopic (exact) mass is 982 g/mol. The molecule has 0 radical (unpaired) electrons. The molecule has 1 saturated carbocycles. The minimum atomic E-state index is -2.27. The second kappa shape index (κ2) is 22.4. The van der Waals surface area contributed by atoms with Gasteiger partial charge in [-0.05, 0) is 150 Å². The Morgan fingerprint density at radius 2 is 1.31 bits per heavy atom. The first kappa shape index (κ1) is 59.5. The molecule has 0 aromatic carbocycles. The van der Waals surface area contributed by atoms with Gasteiger partial charge in [0.25, 0.3) is 0 Å². The Labute approximate surface area is 403 Å². The molecule has 12 heteroatoms. The Balaban J connectivity index is 2.48. The number of ketones is 1. The van der Waals surface area contributed by atoms with Gasteiger partial charge in [-0.3, -0.25) is 4.79 Å². The van der Waals surface area contributed by atoms with Crippen LogP contribution in [0.15, 0.2) is 22.9 Å². The molecule has 5 atom stereocenters. The van der Waals surface area contributed by atoms with Crippen LogP contribution in [0.3, 0.4) is 0 Å². The molecule has 372 valence electrons. The topological polar surface area (TPSA) is 66.9 Å². The van der Waals surface area contributed by atoms with Gasteiger partial charge < -0.3 is 17.7 Å². The van der Waals surface area contributed by atoms with Crippen LogP contribution in [0.1, 0.15) is 172 Å². The lowest BCUT2D eigenvalue weighted by Gasteiger charge is -2.53. The summed E-state index contributed by atoms with van der Waals surface area (Å²) in [5, 5.41) is 2.90. The van der Waals surface area contributed by atoms with Crippen molar-refractivity contribution >= 4 is 56.5 Å². The fourth-order valence-corrected chi connectivity index (χ4v) is 13.4. The molecule has 1 aliphatic rings. The van der Waals surface area contributed by atoms with E-state index in [9.17, 15) is 0 Å². The minimum absolute atomic E-state index is 0.0000811. The molecule has 0 unspecified atom stereocenters. The van der Waals surface area contributed by atoms with Gasteiger partial charge in [-0.15, -0.1) is 11.3 Å². The molecule has 0 saturated heterocycles. The molecular formula is C52H100FNO5SSi4. The van der Waals surface area contributed by atoms with E-state index in [-0.39, 0.29) is 50.0 Å². The van der Waals surface area contributed by atoms with Crippen molar-refractivity contribution in [3.05, 3.63) is 33.6 Å². The molecule has 0 bridgehead atoms. The van der Waals surface area contributed by atoms with E-state index < -0.39 is 44.8 Å². The average molecular weight is 983 g/mol. The number of halogens is 1. The highest BCUT2D eigenvalue weighted by Gasteiger charge is 2.57. The van der Waals surface area contributed by atoms with Crippen LogP contribution in [-0.2, 0) is 22.5 Å². The number of hydrogen-bond acceptors (Lipinski definition) is 7. The van der Waals surface area contributed by atoms with E-state index in [1.165, 1.54) is 16.9 Å². The molecule has 0 spiro atoms. The van der Waals surface area contributed by atoms with Crippen LogP contribution < -0.4 is 0 Å². The summed E-state index contributed by atoms with van der Waals surface area (Å²) in [4.78, 5) is 20.2. The fraction of sp³-hybridized carbons (Fsp3) is 0.846. The zero-order valence-corrected chi connectivity index (χ0v) is 50.8. The first-order valence-corrected chi connectivity index (χ1v) is 37.4. The van der Waals surface area contributed by atoms with Crippen molar-refractivity contribution in [3.63, 3.8) is 0 Å². The Bertz CT molecular complexity index is 1700. The maximum Gasteiger partial charge on any atom is 0.193 e. The number of Topliss-reactive ketones (excluding diaryl/α,β-unsaturated/α-hetero) is 1. The standard InChI is InChI=1S/C52H100FNO5SSi4/c1-25-42(47(55)52(33-27-34-52)45(58-63(21,22)50(11,12)13)32-35-56-61(17,18)48(5,6)7)46(59-64(23,24)51(14,15)16)39(3)29-26-28-38(2)30-31-44(57-62(19,20)49(8,9)10)43(53)36-41-37-60-40(4)54-41/h30,36-37,39,42,44-46H,25-29,31-35H2,1-24H3/b38-30+,43-36-/t39-,42+,44-,45-,46-/m0/s1. The Hall–Kier alpha value is -0.582. The molecule has 0 N–H and O–H groups in total. The number of aromatic nitrogens is 1. The van der Waals surface area contributed by atoms with Crippen molar-refractivity contribution in [3.8, 4) is 0 Å². The van der Waals surface area contributed by atoms with Gasteiger partial charge in [-0.25, -0.2) is 9.37 Å². The van der Waals surface area contributed by atoms with E-state index in [1.54, 1.807) is 6.08 Å². The van der Waals surface area contributed by atoms with Gasteiger partial charge in [0.2, 0.25) is 0 Å². The van der Waals surface area contributed by atoms with Crippen LogP contribution in [0.5, 0.6) is 0 Å². The molecule has 1 aromatic heterocycles. The predicted molar refractivity (Wildman–Crippen MR) is 286 cm³/mol. The Morgan fingerprint density at radius 3 is 1.75 bits per heavy atom. The smallest absolute Gasteiger partial charge is 0.193 e. The van der Waals surface area contributed by atoms with Crippen LogP contribution in [0.4, 0.5) is 4.39 Å². The van der Waals surface area contributed by atoms with Crippen molar-refractivity contribution in [1.82, 2.24) is 4.98 Å². The number of carbonyl (C=O) groups is 1. The SMILES string of the molecule is CC[C@@H](C(=O)C1([C@H](CCO[Si](C)(C)C(C)(C)C)O[Si](C)(C)C(C)(C)C)CCC1)[C@@H](O[Si](C)(C)C(C)(C)C)[C@@H](C)CCC/C(C)=C/C[C@H](O[Si](C)(C)C(C)(C)C)/C(F)=C/c1csc(C)n1. The van der Waals surface area contributed by atoms with Gasteiger partial charge in [0.15, 0.2) is 33.3 Å². The lowest BCUT2D eigenvalue weighted by molar-refractivity contribution is -0.153. The van der Waals surface area contributed by atoms with E-state index in [0.29, 0.717) is 24.5 Å². The summed E-state index contributed by atoms with van der Waals surface area (Å²) in [6, 6.07) is 0. The molecule has 0 aliphatic heterocycles. The van der Waals surface area contributed by atoms with E-state index in [1.807, 2.05) is 12.3 Å². The number of nitrogens with zero attached hydrogens (tertiary/aromatic N) is 1. The summed E-state index contributed by atoms with van der Waals surface area (Å²) in [7, 11) is -8.77. The van der Waals surface area contributed by atoms with Crippen LogP contribution in [0.2, 0.25) is 72.5 Å². The van der Waals surface area contributed by atoms with Crippen LogP contribution in [0, 0.1) is 24.2 Å². The normalized spacial score (nSPS) is 19.0. The van der Waals surface area contributed by atoms with Crippen LogP contribution in [-0.4, -0.2) is 69.0 Å². The number of carbonyl (C=O) groups excluding carboxylic acids is 1. The summed E-state index contributed by atoms with van der Waals surface area (Å²) in [5.74, 6) is 0.0428. The second-order valence-electron chi connectivity index (χ2n) is 25.8. The predicted octanol–water partition coefficient (Wildman–Crippen LogP) is 17.3. The highest BCUT2D eigenvalue weighted by atomic mass is 32.1. The van der Waals surface area contributed by atoms with Gasteiger partial charge in [-0.1, -0.05) is 115 Å². The zero-order chi connectivity index (χ0) is 49.7. The highest BCUT2D eigenvalue weighted by molar-refractivity contribution is 7.09. The maximum absolute atomic E-state index is 16.1. The van der Waals surface area contributed by atoms with Crippen molar-refractivity contribution < 1.29 is 26.9 Å². The molecule has 1 aromatic rings. The highest BCUT2D eigenvalue weighted by Crippen LogP contribution is 2.53. The van der Waals surface area contributed by atoms with Crippen LogP contribution in [0.25, 0.3) is 6.08 Å². The van der Waals surface area contributed by atoms with E-state index in [2.05, 4.69) is 167 Å². The third kappa shape index (κ3) is 15.7. The number of aryl methyl sites for hydroxylation is 1. The van der Waals surface area contributed by atoms with E-state index >= 15 is 9.18 Å². The quantitative estimate of drug-likeness (QED) is 0.0759. The fourth-order valence-electron chi connectivity index (χ4n) is 7.66. The van der Waals surface area contributed by atoms with Crippen molar-refractivity contribution in [2.45, 2.75) is 259 Å². The lowest BCUT2D eigenvalue weighted by Crippen LogP contribution is -2.59. The molecule has 0 amide bonds. The first-order chi connectivity index (χ1) is 28.7. The molecule has 1 heterocycles. The average Bonchev–Trinajstić information content (AvgIpc) is 3.50. The summed E-state index contributed by atoms with van der Waals surface area (Å²) in [6.07, 6.45) is 10.2. The third-order valence-corrected chi connectivity index (χ3v) is 35.4. The summed E-state index contributed by atoms with van der Waals surface area (Å²) in [5.41, 5.74) is 1.35. The van der Waals surface area contributed by atoms with Crippen molar-refractivity contribution in [1.29, 1.82) is 0 Å². The molecular weight excluding hydrogens is 882 g/mol. The Kier molecular flexibility index (Phi) is 20.9. The molecule has 2 rings (SSSR count). The maximum atomic E-state index is 16.1. The van der Waals surface area contributed by atoms with Crippen molar-refractivity contribution in [2.75, 3.05) is 6.61 Å². The van der Waals surface area contributed by atoms with Gasteiger partial charge in [-0.2, -0.15) is 0 Å². The van der Waals surface area contributed by atoms with E-state index in [4.69, 9.17) is 17.7 Å². The van der Waals surface area contributed by atoms with Gasteiger partial charge in [0, 0.05) is 17.9 Å². The minimum Gasteiger partial charge on any atom is -0.417 e. The summed E-state index contributed by atoms with van der Waals surface area (Å²) >= 11 is 1.53. The second-order valence-corrected chi connectivity index (χ2v) is 46.0. The third-order valence-electron chi connectivity index (χ3n) is 16.6. The number of hydrogen-bond donors (Lipinski definition) is 0. The zero-order valence-electron chi connectivity index (χ0n) is 46.0. The molecule has 64 heavy (non-hydrogen) atoms. The van der Waals surface area contributed by atoms with Crippen LogP contribution >= 0.6 is 11.3 Å². The molecule has 6 nitrogen and oxygen atoms in total. The largest absolute Gasteiger partial charge is 0.417 e. The van der Waals surface area contributed by atoms with E-state index in [0.717, 1.165) is 56.4 Å². The summed E-state index contributed by atoms with van der Waals surface area (Å²) in [6.45, 7) is 54.9. The summed E-state index contributed by atoms with van der Waals surface area (Å²) < 4.78 is 44.5. The first-order valence-electron chi connectivity index (χ1n) is 24.9. The lowest BCUT2D eigenvalue weighted by atomic mass is 9.58. The van der Waals surface area contributed by atoms with Gasteiger partial charge >= 0.3 is 0 Å². The van der Waals surface area contributed by atoms with Gasteiger partial charge in [0.1, 0.15) is 17.7 Å². The number of rotatable bonds is 24. The van der Waals surface area contributed by atoms with Gasteiger partial charge in [0.05, 0.1) is 28.3 Å². The molecule has 1 fully saturated rings. The van der Waals surface area contributed by atoms with Crippen molar-refractivity contribution in [2.24, 2.45) is 17.3 Å².